The lowest BCUT2D eigenvalue weighted by Crippen LogP contribution is -2.60. The second-order valence-electron chi connectivity index (χ2n) is 13.2. The molecule has 6 atom stereocenters. The summed E-state index contributed by atoms with van der Waals surface area (Å²) in [5.74, 6) is -6.24. The van der Waals surface area contributed by atoms with Crippen LogP contribution in [0.5, 0.6) is 0 Å². The van der Waals surface area contributed by atoms with Crippen LogP contribution in [0.1, 0.15) is 111 Å². The van der Waals surface area contributed by atoms with Crippen LogP contribution in [0.3, 0.4) is 0 Å². The van der Waals surface area contributed by atoms with E-state index in [9.17, 15) is 48.6 Å². The normalized spacial score (nSPS) is 14.2. The molecule has 0 rings (SSSR count). The van der Waals surface area contributed by atoms with Crippen molar-refractivity contribution < 1.29 is 48.6 Å². The zero-order valence-electron chi connectivity index (χ0n) is 31.9. The Morgan fingerprint density at radius 3 is 1.63 bits per heavy atom. The third-order valence-corrected chi connectivity index (χ3v) is 8.42. The molecule has 0 fully saturated rings. The first-order chi connectivity index (χ1) is 25.6. The van der Waals surface area contributed by atoms with E-state index in [1.54, 1.807) is 0 Å². The third kappa shape index (κ3) is 21.9. The maximum atomic E-state index is 13.5. The van der Waals surface area contributed by atoms with Crippen LogP contribution in [0.25, 0.3) is 0 Å². The molecule has 19 nitrogen and oxygen atoms in total. The first-order valence-electron chi connectivity index (χ1n) is 18.7. The molecule has 0 aromatic carbocycles. The van der Waals surface area contributed by atoms with Crippen LogP contribution in [0.15, 0.2) is 0 Å². The fourth-order valence-electron chi connectivity index (χ4n) is 5.15. The van der Waals surface area contributed by atoms with Gasteiger partial charge in [-0.2, -0.15) is 0 Å². The van der Waals surface area contributed by atoms with E-state index in [1.807, 2.05) is 6.92 Å². The summed E-state index contributed by atoms with van der Waals surface area (Å²) in [6, 6.07) is -8.12. The molecular weight excluding hydrogens is 706 g/mol. The second-order valence-corrected chi connectivity index (χ2v) is 13.2. The summed E-state index contributed by atoms with van der Waals surface area (Å²) in [5, 5.41) is 41.3. The van der Waals surface area contributed by atoms with E-state index >= 15 is 0 Å². The van der Waals surface area contributed by atoms with Crippen LogP contribution < -0.4 is 43.4 Å². The fourth-order valence-corrected chi connectivity index (χ4v) is 5.15. The summed E-state index contributed by atoms with van der Waals surface area (Å²) < 4.78 is 0. The van der Waals surface area contributed by atoms with Gasteiger partial charge < -0.3 is 59.0 Å². The highest BCUT2D eigenvalue weighted by molar-refractivity contribution is 5.97. The van der Waals surface area contributed by atoms with Crippen molar-refractivity contribution in [2.24, 2.45) is 11.5 Å². The Labute approximate surface area is 317 Å². The van der Waals surface area contributed by atoms with Crippen LogP contribution in [0, 0.1) is 5.41 Å². The molecule has 13 N–H and O–H groups in total. The number of Topliss-reactive ketones (excluding diaryl/α,β-unsaturated/α-hetero) is 1. The third-order valence-electron chi connectivity index (χ3n) is 8.42. The van der Waals surface area contributed by atoms with Gasteiger partial charge in [-0.15, -0.1) is 0 Å². The van der Waals surface area contributed by atoms with Crippen molar-refractivity contribution in [2.45, 2.75) is 147 Å². The average Bonchev–Trinajstić information content (AvgIpc) is 3.13. The van der Waals surface area contributed by atoms with Gasteiger partial charge in [-0.3, -0.25) is 38.4 Å². The minimum atomic E-state index is -1.58. The summed E-state index contributed by atoms with van der Waals surface area (Å²) in [6.07, 6.45) is 8.69. The van der Waals surface area contributed by atoms with Gasteiger partial charge in [-0.1, -0.05) is 65.2 Å². The number of rotatable bonds is 31. The Morgan fingerprint density at radius 1 is 0.611 bits per heavy atom. The van der Waals surface area contributed by atoms with E-state index in [4.69, 9.17) is 16.9 Å². The Hall–Kier alpha value is -4.49. The van der Waals surface area contributed by atoms with Crippen molar-refractivity contribution in [3.8, 4) is 0 Å². The molecule has 0 saturated carbocycles. The first kappa shape index (κ1) is 49.5. The van der Waals surface area contributed by atoms with E-state index in [0.29, 0.717) is 19.3 Å². The van der Waals surface area contributed by atoms with Crippen LogP contribution in [-0.4, -0.2) is 120 Å². The van der Waals surface area contributed by atoms with Gasteiger partial charge in [0.15, 0.2) is 5.78 Å². The fraction of sp³-hybridized carbons (Fsp3) is 0.743. The minimum Gasteiger partial charge on any atom is -0.394 e. The minimum absolute atomic E-state index is 0.221. The van der Waals surface area contributed by atoms with Crippen LogP contribution in [-0.2, 0) is 38.4 Å². The van der Waals surface area contributed by atoms with Crippen molar-refractivity contribution in [1.82, 2.24) is 31.9 Å². The summed E-state index contributed by atoms with van der Waals surface area (Å²) in [7, 11) is 0. The molecule has 54 heavy (non-hydrogen) atoms. The number of nitrogens with one attached hydrogen (secondary N) is 7. The number of hydrogen-bond donors (Lipinski definition) is 11. The Morgan fingerprint density at radius 2 is 1.09 bits per heavy atom. The zero-order valence-corrected chi connectivity index (χ0v) is 31.9. The first-order valence-corrected chi connectivity index (χ1v) is 18.7. The highest BCUT2D eigenvalue weighted by atomic mass is 16.3. The number of amides is 7. The predicted molar refractivity (Wildman–Crippen MR) is 199 cm³/mol. The van der Waals surface area contributed by atoms with Crippen molar-refractivity contribution in [3.63, 3.8) is 0 Å². The molecule has 0 radical (unpaired) electrons. The average molecular weight is 770 g/mol. The Balaban J connectivity index is 5.62. The van der Waals surface area contributed by atoms with E-state index in [2.05, 4.69) is 38.8 Å². The van der Waals surface area contributed by atoms with Gasteiger partial charge in [0, 0.05) is 25.1 Å². The number of carbonyl (C=O) groups is 8. The molecule has 0 saturated heterocycles. The van der Waals surface area contributed by atoms with E-state index in [0.717, 1.165) is 44.7 Å². The molecule has 0 aromatic rings. The Kier molecular flexibility index (Phi) is 26.5. The van der Waals surface area contributed by atoms with Gasteiger partial charge in [-0.05, 0) is 32.6 Å². The maximum Gasteiger partial charge on any atom is 0.245 e. The number of aliphatic hydroxyl groups is 2. The number of ketones is 1. The highest BCUT2D eigenvalue weighted by Gasteiger charge is 2.32. The van der Waals surface area contributed by atoms with Gasteiger partial charge in [0.25, 0.3) is 0 Å². The lowest BCUT2D eigenvalue weighted by molar-refractivity contribution is -0.136. The SMILES string of the molecule is CCCCCCCCCC(=O)NCC(=O)N[C@@H](CO)C(=O)N[C@H](CCC(N)=O)C(=O)N[C@@H](CC(N)C=N)C(=O)N[C@@H](CO)C(=O)N[C@@H](CCCC)C(C)=O. The molecule has 0 aliphatic rings. The molecule has 0 heterocycles. The number of aliphatic hydroxyl groups excluding tert-OH is 2. The number of primary amides is 1. The molecule has 19 heteroatoms. The molecule has 0 bridgehead atoms. The summed E-state index contributed by atoms with van der Waals surface area (Å²) in [6.45, 7) is 3.07. The number of nitrogens with two attached hydrogens (primary N) is 2. The van der Waals surface area contributed by atoms with Crippen LogP contribution in [0.4, 0.5) is 0 Å². The smallest absolute Gasteiger partial charge is 0.245 e. The largest absolute Gasteiger partial charge is 0.394 e. The maximum absolute atomic E-state index is 13.5. The van der Waals surface area contributed by atoms with Gasteiger partial charge >= 0.3 is 0 Å². The highest BCUT2D eigenvalue weighted by Crippen LogP contribution is 2.09. The second kappa shape index (κ2) is 28.9. The van der Waals surface area contributed by atoms with Gasteiger partial charge in [0.2, 0.25) is 41.4 Å². The Bertz CT molecular complexity index is 1240. The molecule has 0 aliphatic carbocycles. The number of unbranched alkanes of at least 4 members (excludes halogenated alkanes) is 7. The lowest BCUT2D eigenvalue weighted by atomic mass is 10.0. The van der Waals surface area contributed by atoms with E-state index < -0.39 is 97.9 Å². The van der Waals surface area contributed by atoms with Crippen LogP contribution >= 0.6 is 0 Å². The summed E-state index contributed by atoms with van der Waals surface area (Å²) >= 11 is 0. The summed E-state index contributed by atoms with van der Waals surface area (Å²) in [4.78, 5) is 101. The molecular formula is C35H63N9O10. The van der Waals surface area contributed by atoms with Gasteiger partial charge in [0.1, 0.15) is 24.2 Å². The van der Waals surface area contributed by atoms with E-state index in [1.165, 1.54) is 13.3 Å². The van der Waals surface area contributed by atoms with Crippen molar-refractivity contribution >= 4 is 53.3 Å². The van der Waals surface area contributed by atoms with E-state index in [-0.39, 0.29) is 31.0 Å². The standard InChI is InChI=1S/C35H63N9O10/c1-4-6-8-9-10-11-12-14-30(49)39-19-31(50)40-27(20-45)34(53)42-25(15-16-29(38)48)32(51)43-26(17-23(37)18-36)33(52)44-28(21-46)35(54)41-24(22(3)47)13-7-5-2/h18,23-28,36,45-46H,4-17,19-21,37H2,1-3H3,(H2,38,48)(H,39,49)(H,40,50)(H,41,54)(H,42,53)(H,43,51)(H,44,52)/t23?,24-,25+,26-,27-,28-/m0/s1. The van der Waals surface area contributed by atoms with Crippen LogP contribution in [0.2, 0.25) is 0 Å². The molecule has 0 aliphatic heterocycles. The molecule has 0 spiro atoms. The predicted octanol–water partition coefficient (Wildman–Crippen LogP) is -1.94. The molecule has 1 unspecified atom stereocenters. The number of carbonyl (C=O) groups excluding carboxylic acids is 8. The lowest BCUT2D eigenvalue weighted by Gasteiger charge is -2.27. The summed E-state index contributed by atoms with van der Waals surface area (Å²) in [5.41, 5.74) is 11.1. The van der Waals surface area contributed by atoms with Crippen molar-refractivity contribution in [1.29, 1.82) is 5.41 Å². The topological polar surface area (TPSA) is 325 Å². The van der Waals surface area contributed by atoms with Crippen molar-refractivity contribution in [2.75, 3.05) is 19.8 Å². The zero-order chi connectivity index (χ0) is 41.1. The monoisotopic (exact) mass is 769 g/mol. The number of hydrogen-bond acceptors (Lipinski definition) is 12. The molecule has 0 aromatic heterocycles. The van der Waals surface area contributed by atoms with Gasteiger partial charge in [-0.25, -0.2) is 0 Å². The van der Waals surface area contributed by atoms with Crippen molar-refractivity contribution in [3.05, 3.63) is 0 Å². The van der Waals surface area contributed by atoms with Gasteiger partial charge in [0.05, 0.1) is 25.8 Å². The molecule has 7 amide bonds. The quantitative estimate of drug-likeness (QED) is 0.0272. The molecule has 308 valence electrons.